The predicted molar refractivity (Wildman–Crippen MR) is 77.0 cm³/mol. The van der Waals surface area contributed by atoms with Crippen molar-refractivity contribution >= 4 is 5.90 Å². The van der Waals surface area contributed by atoms with Crippen LogP contribution in [-0.2, 0) is 9.47 Å². The molecule has 6 nitrogen and oxygen atoms in total. The topological polar surface area (TPSA) is 114 Å². The van der Waals surface area contributed by atoms with Gasteiger partial charge in [0, 0.05) is 6.92 Å². The van der Waals surface area contributed by atoms with Crippen LogP contribution in [-0.4, -0.2) is 17.8 Å². The lowest BCUT2D eigenvalue weighted by atomic mass is 9.49. The van der Waals surface area contributed by atoms with Gasteiger partial charge in [-0.1, -0.05) is 27.2 Å². The standard InChI is InChI=1S/C16H20N4O2/c1-5-6-11-14(4)21-12(10(2)3)16(9-19,13(20)22-14)15(11,7-17)8-18/h10-12,20H,5-6H2,1-4H3/t11-,12+,14-,16-/m1/s1. The average Bonchev–Trinajstić information content (AvgIpc) is 2.48. The van der Waals surface area contributed by atoms with Crippen LogP contribution in [0.15, 0.2) is 0 Å². The number of hydrogen-bond acceptors (Lipinski definition) is 6. The Hall–Kier alpha value is -2.10. The molecule has 1 N–H and O–H groups in total. The van der Waals surface area contributed by atoms with E-state index in [0.29, 0.717) is 6.42 Å². The van der Waals surface area contributed by atoms with Gasteiger partial charge >= 0.3 is 0 Å². The molecule has 116 valence electrons. The molecule has 6 heteroatoms. The zero-order valence-corrected chi connectivity index (χ0v) is 13.3. The van der Waals surface area contributed by atoms with E-state index in [1.54, 1.807) is 6.92 Å². The predicted octanol–water partition coefficient (Wildman–Crippen LogP) is 2.72. The molecule has 0 aromatic carbocycles. The molecule has 3 saturated heterocycles. The number of rotatable bonds is 3. The Kier molecular flexibility index (Phi) is 3.68. The lowest BCUT2D eigenvalue weighted by Gasteiger charge is -2.62. The summed E-state index contributed by atoms with van der Waals surface area (Å²) in [4.78, 5) is 0. The van der Waals surface area contributed by atoms with Crippen LogP contribution in [0.25, 0.3) is 0 Å². The van der Waals surface area contributed by atoms with Crippen LogP contribution in [0, 0.1) is 62.1 Å². The SMILES string of the molecule is CCC[C@H]1C(C#N)(C#N)[C@@]2(C#N)C(=N)O[C@@]1(C)O[C@H]2C(C)C. The molecular formula is C16H20N4O2. The maximum Gasteiger partial charge on any atom is 0.215 e. The van der Waals surface area contributed by atoms with Crippen LogP contribution < -0.4 is 0 Å². The van der Waals surface area contributed by atoms with Crippen LogP contribution >= 0.6 is 0 Å². The van der Waals surface area contributed by atoms with Crippen molar-refractivity contribution in [2.24, 2.45) is 22.7 Å². The monoisotopic (exact) mass is 300 g/mol. The molecule has 0 aromatic rings. The molecule has 2 bridgehead atoms. The van der Waals surface area contributed by atoms with Gasteiger partial charge < -0.3 is 9.47 Å². The Labute approximate surface area is 130 Å². The second-order valence-electron chi connectivity index (χ2n) is 6.52. The molecule has 3 aliphatic rings. The van der Waals surface area contributed by atoms with E-state index in [1.165, 1.54) is 0 Å². The van der Waals surface area contributed by atoms with Crippen molar-refractivity contribution in [2.45, 2.75) is 52.4 Å². The van der Waals surface area contributed by atoms with E-state index in [2.05, 4.69) is 18.2 Å². The summed E-state index contributed by atoms with van der Waals surface area (Å²) in [5.41, 5.74) is -3.34. The quantitative estimate of drug-likeness (QED) is 0.860. The minimum atomic E-state index is -1.69. The van der Waals surface area contributed by atoms with Gasteiger partial charge in [-0.05, 0) is 12.3 Å². The van der Waals surface area contributed by atoms with Gasteiger partial charge in [0.05, 0.1) is 30.2 Å². The van der Waals surface area contributed by atoms with Gasteiger partial charge in [0.1, 0.15) is 0 Å². The molecule has 3 heterocycles. The van der Waals surface area contributed by atoms with Gasteiger partial charge in [0.2, 0.25) is 11.7 Å². The number of fused-ring (bicyclic) bond motifs is 3. The van der Waals surface area contributed by atoms with Crippen molar-refractivity contribution in [1.29, 1.82) is 21.2 Å². The summed E-state index contributed by atoms with van der Waals surface area (Å²) in [5, 5.41) is 37.8. The van der Waals surface area contributed by atoms with E-state index in [0.717, 1.165) is 6.42 Å². The molecule has 3 rings (SSSR count). The van der Waals surface area contributed by atoms with E-state index in [9.17, 15) is 15.8 Å². The van der Waals surface area contributed by atoms with Gasteiger partial charge in [-0.2, -0.15) is 15.8 Å². The molecule has 0 saturated carbocycles. The molecule has 0 aliphatic carbocycles. The maximum absolute atomic E-state index is 9.87. The molecule has 0 radical (unpaired) electrons. The van der Waals surface area contributed by atoms with E-state index in [4.69, 9.17) is 14.9 Å². The largest absolute Gasteiger partial charge is 0.448 e. The summed E-state index contributed by atoms with van der Waals surface area (Å²) < 4.78 is 11.6. The minimum Gasteiger partial charge on any atom is -0.448 e. The lowest BCUT2D eigenvalue weighted by molar-refractivity contribution is -0.347. The fourth-order valence-electron chi connectivity index (χ4n) is 3.96. The van der Waals surface area contributed by atoms with Crippen molar-refractivity contribution in [3.05, 3.63) is 0 Å². The molecule has 22 heavy (non-hydrogen) atoms. The second kappa shape index (κ2) is 4.97. The molecule has 0 spiro atoms. The highest BCUT2D eigenvalue weighted by atomic mass is 16.7. The summed E-state index contributed by atoms with van der Waals surface area (Å²) in [6.07, 6.45) is 0.509. The van der Waals surface area contributed by atoms with Crippen LogP contribution in [0.1, 0.15) is 40.5 Å². The minimum absolute atomic E-state index is 0.133. The highest BCUT2D eigenvalue weighted by molar-refractivity contribution is 5.88. The smallest absolute Gasteiger partial charge is 0.215 e. The average molecular weight is 300 g/mol. The maximum atomic E-state index is 9.87. The van der Waals surface area contributed by atoms with Crippen LogP contribution in [0.5, 0.6) is 0 Å². The number of hydrogen-bond donors (Lipinski definition) is 1. The Morgan fingerprint density at radius 2 is 1.82 bits per heavy atom. The summed E-state index contributed by atoms with van der Waals surface area (Å²) in [5.74, 6) is -2.26. The van der Waals surface area contributed by atoms with Gasteiger partial charge in [-0.25, -0.2) is 0 Å². The van der Waals surface area contributed by atoms with Crippen molar-refractivity contribution in [2.75, 3.05) is 0 Å². The van der Waals surface area contributed by atoms with Crippen LogP contribution in [0.4, 0.5) is 0 Å². The summed E-state index contributed by atoms with van der Waals surface area (Å²) >= 11 is 0. The first-order chi connectivity index (χ1) is 10.3. The molecule has 0 amide bonds. The molecule has 0 unspecified atom stereocenters. The van der Waals surface area contributed by atoms with Crippen molar-refractivity contribution in [3.8, 4) is 18.2 Å². The number of nitriles is 3. The normalized spacial score (nSPS) is 38.7. The highest BCUT2D eigenvalue weighted by Crippen LogP contribution is 2.64. The van der Waals surface area contributed by atoms with Gasteiger partial charge in [0.15, 0.2) is 10.8 Å². The third-order valence-electron chi connectivity index (χ3n) is 4.94. The molecule has 0 aromatic heterocycles. The Morgan fingerprint density at radius 1 is 1.23 bits per heavy atom. The first kappa shape index (κ1) is 16.3. The van der Waals surface area contributed by atoms with E-state index >= 15 is 0 Å². The lowest BCUT2D eigenvalue weighted by Crippen LogP contribution is -2.75. The molecular weight excluding hydrogens is 280 g/mol. The first-order valence-corrected chi connectivity index (χ1v) is 7.49. The first-order valence-electron chi connectivity index (χ1n) is 7.49. The Balaban J connectivity index is 2.81. The summed E-state index contributed by atoms with van der Waals surface area (Å²) in [6.45, 7) is 7.32. The van der Waals surface area contributed by atoms with Crippen molar-refractivity contribution < 1.29 is 9.47 Å². The van der Waals surface area contributed by atoms with Gasteiger partial charge in [-0.3, -0.25) is 5.41 Å². The third kappa shape index (κ3) is 1.58. The number of nitrogens with one attached hydrogen (secondary N) is 1. The van der Waals surface area contributed by atoms with E-state index in [1.807, 2.05) is 20.8 Å². The third-order valence-corrected chi connectivity index (χ3v) is 4.94. The zero-order chi connectivity index (χ0) is 16.8. The van der Waals surface area contributed by atoms with Gasteiger partial charge in [0.25, 0.3) is 0 Å². The summed E-state index contributed by atoms with van der Waals surface area (Å²) in [6, 6.07) is 6.23. The van der Waals surface area contributed by atoms with Gasteiger partial charge in [-0.15, -0.1) is 0 Å². The van der Waals surface area contributed by atoms with Crippen molar-refractivity contribution in [3.63, 3.8) is 0 Å². The second-order valence-corrected chi connectivity index (χ2v) is 6.52. The molecule has 3 aliphatic heterocycles. The Morgan fingerprint density at radius 3 is 2.23 bits per heavy atom. The fraction of sp³-hybridized carbons (Fsp3) is 0.750. The molecule has 4 atom stereocenters. The molecule has 3 fully saturated rings. The number of ether oxygens (including phenoxy) is 2. The van der Waals surface area contributed by atoms with E-state index < -0.39 is 28.6 Å². The number of nitrogens with zero attached hydrogens (tertiary/aromatic N) is 3. The fourth-order valence-corrected chi connectivity index (χ4v) is 3.96. The zero-order valence-electron chi connectivity index (χ0n) is 13.3. The van der Waals surface area contributed by atoms with Crippen molar-refractivity contribution in [1.82, 2.24) is 0 Å². The Bertz CT molecular complexity index is 610. The van der Waals surface area contributed by atoms with E-state index in [-0.39, 0.29) is 11.8 Å². The van der Waals surface area contributed by atoms with Crippen LogP contribution in [0.3, 0.4) is 0 Å². The highest BCUT2D eigenvalue weighted by Gasteiger charge is 2.78. The van der Waals surface area contributed by atoms with Crippen LogP contribution in [0.2, 0.25) is 0 Å². The summed E-state index contributed by atoms with van der Waals surface area (Å²) in [7, 11) is 0.